The van der Waals surface area contributed by atoms with Gasteiger partial charge in [0.15, 0.2) is 44.0 Å². The normalized spacial score (nSPS) is 52.9. The van der Waals surface area contributed by atoms with Crippen molar-refractivity contribution in [2.24, 2.45) is 0 Å². The van der Waals surface area contributed by atoms with E-state index < -0.39 is 310 Å². The fourth-order valence-corrected chi connectivity index (χ4v) is 13.5. The molecule has 0 radical (unpaired) electrons. The van der Waals surface area contributed by atoms with Crippen LogP contribution in [0.1, 0.15) is 13.8 Å². The maximum Gasteiger partial charge on any atom is 0.187 e. The van der Waals surface area contributed by atoms with Gasteiger partial charge in [-0.25, -0.2) is 0 Å². The first-order valence-corrected chi connectivity index (χ1v) is 31.7. The second kappa shape index (κ2) is 33.9. The first-order valence-electron chi connectivity index (χ1n) is 31.7. The van der Waals surface area contributed by atoms with Crippen molar-refractivity contribution in [2.75, 3.05) is 46.2 Å². The van der Waals surface area contributed by atoms with E-state index in [1.165, 1.54) is 19.9 Å². The van der Waals surface area contributed by atoms with Gasteiger partial charge in [0.05, 0.1) is 82.6 Å². The second-order valence-electron chi connectivity index (χ2n) is 25.6. The van der Waals surface area contributed by atoms with Gasteiger partial charge in [-0.3, -0.25) is 0 Å². The SMILES string of the molecule is C[C@H]1O[C@H](O[C@H]2[C@H](O)[C@@H](O)[C@@H](O[C@H]3[C@H](O)[C@@H](O)[C@H](O[C@H]4[C@H](O)[C@@H](O)[C@H](O[C@H]5[C@H](O)[C@@H](O)[C@H](O)O[C@@H]5CO)O[C@@H]4CO)O[C@@H]3CO)O[C@@H]2CO)[C@H](O)[C@@H](O)[C@@H]1N[C@H]1C=C(CO)[C@@H](O[C@H]2O[C@H](CO)[C@@H](O[C@H]3O[C@H](C)[C@@H](N[C@H]4C=C(CO)[C@@H](O)[C@H](O)[C@H]4O)[C@H](O)[C@H]3O)[C@H](O)[C@H]2O)[C@H](O)[C@H]1O. The van der Waals surface area contributed by atoms with Gasteiger partial charge in [0, 0.05) is 0 Å². The average molecular weight is 1440 g/mol. The molecule has 0 aromatic carbocycles. The van der Waals surface area contributed by atoms with Crippen LogP contribution in [0.4, 0.5) is 0 Å². The van der Waals surface area contributed by atoms with Crippen LogP contribution in [0.2, 0.25) is 0 Å². The van der Waals surface area contributed by atoms with E-state index in [0.717, 1.165) is 6.08 Å². The van der Waals surface area contributed by atoms with Crippen LogP contribution in [0.5, 0.6) is 0 Å². The Balaban J connectivity index is 0.771. The van der Waals surface area contributed by atoms with Crippen LogP contribution in [-0.2, 0) is 61.6 Å². The third-order valence-corrected chi connectivity index (χ3v) is 19.3. The van der Waals surface area contributed by atoms with E-state index in [-0.39, 0.29) is 11.1 Å². The minimum Gasteiger partial charge on any atom is -0.394 e. The molecule has 568 valence electrons. The van der Waals surface area contributed by atoms with Crippen LogP contribution < -0.4 is 10.6 Å². The molecule has 43 atom stereocenters. The van der Waals surface area contributed by atoms with Crippen molar-refractivity contribution in [3.8, 4) is 0 Å². The Morgan fingerprint density at radius 1 is 0.296 bits per heavy atom. The highest BCUT2D eigenvalue weighted by atomic mass is 16.8. The number of aliphatic hydroxyl groups excluding tert-OH is 27. The molecule has 0 spiro atoms. The van der Waals surface area contributed by atoms with Crippen LogP contribution in [-0.4, -0.2) is 448 Å². The highest BCUT2D eigenvalue weighted by Crippen LogP contribution is 2.38. The maximum absolute atomic E-state index is 11.5. The lowest BCUT2D eigenvalue weighted by molar-refractivity contribution is -0.391. The molecule has 0 amide bonds. The van der Waals surface area contributed by atoms with Crippen LogP contribution in [0.3, 0.4) is 0 Å². The first kappa shape index (κ1) is 79.9. The Hall–Kier alpha value is -2.20. The lowest BCUT2D eigenvalue weighted by Gasteiger charge is -2.50. The molecule has 7 fully saturated rings. The summed E-state index contributed by atoms with van der Waals surface area (Å²) in [5.74, 6) is 0. The zero-order valence-electron chi connectivity index (χ0n) is 52.3. The lowest BCUT2D eigenvalue weighted by Crippen LogP contribution is -2.69. The molecule has 0 bridgehead atoms. The second-order valence-corrected chi connectivity index (χ2v) is 25.6. The van der Waals surface area contributed by atoms with E-state index in [1.54, 1.807) is 0 Å². The zero-order chi connectivity index (χ0) is 72.0. The molecule has 0 aromatic heterocycles. The number of hydrogen-bond acceptors (Lipinski definition) is 42. The molecule has 9 aliphatic rings. The Morgan fingerprint density at radius 2 is 0.571 bits per heavy atom. The van der Waals surface area contributed by atoms with Crippen molar-refractivity contribution in [3.05, 3.63) is 23.3 Å². The Kier molecular flexibility index (Phi) is 27.7. The molecular formula is C56H94N2O40. The minimum absolute atomic E-state index is 0.0375. The Labute approximate surface area is 555 Å². The fraction of sp³-hybridized carbons (Fsp3) is 0.929. The molecule has 29 N–H and O–H groups in total. The molecule has 42 nitrogen and oxygen atoms in total. The van der Waals surface area contributed by atoms with E-state index in [1.807, 2.05) is 0 Å². The van der Waals surface area contributed by atoms with Gasteiger partial charge in [0.25, 0.3) is 0 Å². The van der Waals surface area contributed by atoms with Gasteiger partial charge in [0.2, 0.25) is 0 Å². The smallest absolute Gasteiger partial charge is 0.187 e. The molecule has 7 saturated heterocycles. The predicted molar refractivity (Wildman–Crippen MR) is 305 cm³/mol. The molecule has 0 unspecified atom stereocenters. The molecule has 2 aliphatic carbocycles. The van der Waals surface area contributed by atoms with Gasteiger partial charge in [-0.1, -0.05) is 12.2 Å². The Morgan fingerprint density at radius 3 is 0.898 bits per heavy atom. The number of aliphatic hydroxyl groups is 27. The highest BCUT2D eigenvalue weighted by Gasteiger charge is 2.59. The first-order chi connectivity index (χ1) is 46.4. The summed E-state index contributed by atoms with van der Waals surface area (Å²) in [6.07, 6.45) is -70.1. The molecule has 0 aromatic rings. The summed E-state index contributed by atoms with van der Waals surface area (Å²) in [6.45, 7) is -3.74. The van der Waals surface area contributed by atoms with Crippen LogP contribution in [0.25, 0.3) is 0 Å². The van der Waals surface area contributed by atoms with Gasteiger partial charge in [-0.05, 0) is 25.0 Å². The van der Waals surface area contributed by atoms with Gasteiger partial charge in [-0.2, -0.15) is 0 Å². The van der Waals surface area contributed by atoms with Crippen molar-refractivity contribution in [3.63, 3.8) is 0 Å². The summed E-state index contributed by atoms with van der Waals surface area (Å²) < 4.78 is 73.8. The summed E-state index contributed by atoms with van der Waals surface area (Å²) in [7, 11) is 0. The fourth-order valence-electron chi connectivity index (χ4n) is 13.5. The van der Waals surface area contributed by atoms with Gasteiger partial charge in [-0.15, -0.1) is 0 Å². The third-order valence-electron chi connectivity index (χ3n) is 19.3. The van der Waals surface area contributed by atoms with Gasteiger partial charge < -0.3 is 210 Å². The molecule has 7 heterocycles. The topological polar surface area (TPSA) is 690 Å². The van der Waals surface area contributed by atoms with Crippen molar-refractivity contribution in [1.29, 1.82) is 0 Å². The molecule has 0 saturated carbocycles. The van der Waals surface area contributed by atoms with Crippen LogP contribution >= 0.6 is 0 Å². The van der Waals surface area contributed by atoms with E-state index >= 15 is 0 Å². The monoisotopic (exact) mass is 1430 g/mol. The van der Waals surface area contributed by atoms with Crippen molar-refractivity contribution >= 4 is 0 Å². The number of ether oxygens (including phenoxy) is 13. The summed E-state index contributed by atoms with van der Waals surface area (Å²) in [5, 5.41) is 297. The molecule has 7 aliphatic heterocycles. The lowest BCUT2D eigenvalue weighted by atomic mass is 9.86. The number of nitrogens with one attached hydrogen (secondary N) is 2. The summed E-state index contributed by atoms with van der Waals surface area (Å²) in [6, 6.07) is -5.16. The summed E-state index contributed by atoms with van der Waals surface area (Å²) >= 11 is 0. The summed E-state index contributed by atoms with van der Waals surface area (Å²) in [5.41, 5.74) is -0.226. The van der Waals surface area contributed by atoms with Gasteiger partial charge >= 0.3 is 0 Å². The summed E-state index contributed by atoms with van der Waals surface area (Å²) in [4.78, 5) is 0. The van der Waals surface area contributed by atoms with E-state index in [0.29, 0.717) is 0 Å². The largest absolute Gasteiger partial charge is 0.394 e. The van der Waals surface area contributed by atoms with Crippen molar-refractivity contribution in [1.82, 2.24) is 10.6 Å². The quantitative estimate of drug-likeness (QED) is 0.0422. The van der Waals surface area contributed by atoms with Crippen LogP contribution in [0, 0.1) is 0 Å². The minimum atomic E-state index is -2.20. The average Bonchev–Trinajstić information content (AvgIpc) is 0.781. The zero-order valence-corrected chi connectivity index (χ0v) is 52.3. The third kappa shape index (κ3) is 16.1. The van der Waals surface area contributed by atoms with E-state index in [2.05, 4.69) is 10.6 Å². The highest BCUT2D eigenvalue weighted by molar-refractivity contribution is 5.24. The maximum atomic E-state index is 11.5. The van der Waals surface area contributed by atoms with Gasteiger partial charge in [0.1, 0.15) is 183 Å². The molecule has 42 heteroatoms. The standard InChI is InChI=1S/C56H94N2O40/c1-12-23(57-16-3-14(5-59)25(66)30(71)26(16)67)28(69)38(79)51(86-12)94-46-19(8-62)89-53(40(81)33(46)74)93-44-15(6-60)4-17(27(68)31(44)72)58-24-13(2)87-52(39(80)29(24)70)95-47-20(9-63)90-55(41(82)34(47)75)97-49-22(11-65)92-56(43(84)36(49)77)98-48-21(10-64)91-54(42(83)35(48)76)96-45-18(7-61)88-50(85)37(78)32(45)73/h3-4,12-13,16-85H,5-11H2,1-2H3/t12-,13-,16+,17+,18-,19-,20-,21-,22-,23-,24-,25-,26+,27+,28+,29+,30+,31-,32-,33-,34-,35-,36-,37-,38-,39-,40-,41-,42-,43-,44-,45-,46-,47-,48-,49-,50-,51-,52-,53-,54+,55-,56+/m1/s1. The Bertz CT molecular complexity index is 2550. The number of rotatable bonds is 23. The van der Waals surface area contributed by atoms with E-state index in [9.17, 15) is 138 Å². The number of hydrogen-bond donors (Lipinski definition) is 29. The van der Waals surface area contributed by atoms with Crippen molar-refractivity contribution < 1.29 is 199 Å². The van der Waals surface area contributed by atoms with Crippen molar-refractivity contribution in [2.45, 2.75) is 277 Å². The molecule has 9 rings (SSSR count). The predicted octanol–water partition coefficient (Wildman–Crippen LogP) is -18.3. The van der Waals surface area contributed by atoms with E-state index in [4.69, 9.17) is 61.6 Å². The molecule has 98 heavy (non-hydrogen) atoms. The van der Waals surface area contributed by atoms with Crippen LogP contribution in [0.15, 0.2) is 23.3 Å². The molecular weight excluding hydrogens is 1340 g/mol.